The number of benzene rings is 1. The Labute approximate surface area is 156 Å². The van der Waals surface area contributed by atoms with E-state index in [2.05, 4.69) is 4.57 Å². The largest absolute Gasteiger partial charge is 0.395 e. The first kappa shape index (κ1) is 18.5. The standard InChI is InChI=1S/C19H23N3O3S/c1-12-17(13(2)24)26-19(22(12)16-8-9-16)20-15-6-4-14(5-7-15)18(25)21(3)10-11-23/h4-7,16,23H,8-11H2,1-3H3/b20-19+. The fourth-order valence-corrected chi connectivity index (χ4v) is 4.00. The number of aromatic nitrogens is 1. The van der Waals surface area contributed by atoms with Gasteiger partial charge in [0.2, 0.25) is 0 Å². The normalized spacial score (nSPS) is 14.5. The molecule has 1 aliphatic carbocycles. The van der Waals surface area contributed by atoms with Crippen LogP contribution in [-0.4, -0.2) is 46.5 Å². The molecule has 0 aliphatic heterocycles. The SMILES string of the molecule is CC(=O)c1s/c(=N/c2ccc(C(=O)N(C)CCO)cc2)n(C2CC2)c1C. The summed E-state index contributed by atoms with van der Waals surface area (Å²) in [5.74, 6) is -0.0688. The molecule has 1 aliphatic rings. The predicted molar refractivity (Wildman–Crippen MR) is 101 cm³/mol. The van der Waals surface area contributed by atoms with Crippen molar-refractivity contribution in [2.45, 2.75) is 32.7 Å². The molecule has 1 N–H and O–H groups in total. The van der Waals surface area contributed by atoms with Gasteiger partial charge in [-0.2, -0.15) is 0 Å². The minimum atomic E-state index is -0.135. The van der Waals surface area contributed by atoms with Crippen molar-refractivity contribution in [3.63, 3.8) is 0 Å². The van der Waals surface area contributed by atoms with Crippen LogP contribution in [0.25, 0.3) is 0 Å². The Morgan fingerprint density at radius 3 is 2.50 bits per heavy atom. The molecule has 3 rings (SSSR count). The van der Waals surface area contributed by atoms with Gasteiger partial charge >= 0.3 is 0 Å². The van der Waals surface area contributed by atoms with Crippen LogP contribution in [0.15, 0.2) is 29.3 Å². The number of nitrogens with zero attached hydrogens (tertiary/aromatic N) is 3. The van der Waals surface area contributed by atoms with Gasteiger partial charge in [0.25, 0.3) is 5.91 Å². The Morgan fingerprint density at radius 1 is 1.31 bits per heavy atom. The Bertz CT molecular complexity index is 892. The van der Waals surface area contributed by atoms with Gasteiger partial charge in [0.1, 0.15) is 0 Å². The maximum Gasteiger partial charge on any atom is 0.253 e. The summed E-state index contributed by atoms with van der Waals surface area (Å²) in [5, 5.41) is 8.95. The number of rotatable bonds is 6. The third-order valence-corrected chi connectivity index (χ3v) is 5.70. The number of likely N-dealkylation sites (N-methyl/N-ethyl adjacent to an activating group) is 1. The van der Waals surface area contributed by atoms with Gasteiger partial charge < -0.3 is 14.6 Å². The number of aliphatic hydroxyl groups is 1. The van der Waals surface area contributed by atoms with E-state index in [9.17, 15) is 9.59 Å². The van der Waals surface area contributed by atoms with Gasteiger partial charge in [-0.1, -0.05) is 11.3 Å². The number of hydrogen-bond donors (Lipinski definition) is 1. The summed E-state index contributed by atoms with van der Waals surface area (Å²) in [6.07, 6.45) is 2.24. The highest BCUT2D eigenvalue weighted by Gasteiger charge is 2.28. The average molecular weight is 373 g/mol. The predicted octanol–water partition coefficient (Wildman–Crippen LogP) is 2.69. The molecule has 1 heterocycles. The lowest BCUT2D eigenvalue weighted by molar-refractivity contribution is 0.0767. The van der Waals surface area contributed by atoms with Crippen LogP contribution >= 0.6 is 11.3 Å². The maximum atomic E-state index is 12.2. The summed E-state index contributed by atoms with van der Waals surface area (Å²) in [6.45, 7) is 3.80. The maximum absolute atomic E-state index is 12.2. The number of aliphatic hydroxyl groups excluding tert-OH is 1. The lowest BCUT2D eigenvalue weighted by Crippen LogP contribution is -2.29. The van der Waals surface area contributed by atoms with Crippen molar-refractivity contribution >= 4 is 28.7 Å². The number of carbonyl (C=O) groups is 2. The molecular formula is C19H23N3O3S. The second kappa shape index (κ2) is 7.55. The van der Waals surface area contributed by atoms with E-state index < -0.39 is 0 Å². The van der Waals surface area contributed by atoms with Gasteiger partial charge in [-0.05, 0) is 44.0 Å². The van der Waals surface area contributed by atoms with E-state index in [4.69, 9.17) is 10.1 Å². The molecule has 138 valence electrons. The van der Waals surface area contributed by atoms with Crippen LogP contribution in [0.4, 0.5) is 5.69 Å². The van der Waals surface area contributed by atoms with Crippen LogP contribution in [-0.2, 0) is 0 Å². The zero-order chi connectivity index (χ0) is 18.8. The highest BCUT2D eigenvalue weighted by atomic mass is 32.1. The van der Waals surface area contributed by atoms with Crippen molar-refractivity contribution in [3.05, 3.63) is 45.2 Å². The molecule has 1 aromatic heterocycles. The lowest BCUT2D eigenvalue weighted by Gasteiger charge is -2.15. The van der Waals surface area contributed by atoms with Gasteiger partial charge in [0.05, 0.1) is 17.2 Å². The first-order valence-corrected chi connectivity index (χ1v) is 9.48. The van der Waals surface area contributed by atoms with Crippen molar-refractivity contribution in [3.8, 4) is 0 Å². The molecule has 0 saturated heterocycles. The molecule has 0 spiro atoms. The quantitative estimate of drug-likeness (QED) is 0.791. The number of hydrogen-bond acceptors (Lipinski definition) is 5. The van der Waals surface area contributed by atoms with Crippen molar-refractivity contribution < 1.29 is 14.7 Å². The topological polar surface area (TPSA) is 74.9 Å². The molecule has 1 amide bonds. The molecular weight excluding hydrogens is 350 g/mol. The van der Waals surface area contributed by atoms with Crippen LogP contribution in [0.3, 0.4) is 0 Å². The molecule has 1 aromatic carbocycles. The molecule has 0 radical (unpaired) electrons. The molecule has 7 heteroatoms. The van der Waals surface area contributed by atoms with Gasteiger partial charge in [-0.15, -0.1) is 0 Å². The summed E-state index contributed by atoms with van der Waals surface area (Å²) in [6, 6.07) is 7.52. The fraction of sp³-hybridized carbons (Fsp3) is 0.421. The summed E-state index contributed by atoms with van der Waals surface area (Å²) >= 11 is 1.42. The minimum absolute atomic E-state index is 0.0625. The average Bonchev–Trinajstić information content (AvgIpc) is 3.39. The van der Waals surface area contributed by atoms with Crippen molar-refractivity contribution in [1.29, 1.82) is 0 Å². The van der Waals surface area contributed by atoms with Crippen LogP contribution < -0.4 is 4.80 Å². The smallest absolute Gasteiger partial charge is 0.253 e. The number of thiazole rings is 1. The third kappa shape index (κ3) is 3.78. The first-order valence-electron chi connectivity index (χ1n) is 8.66. The van der Waals surface area contributed by atoms with E-state index in [1.54, 1.807) is 38.2 Å². The highest BCUT2D eigenvalue weighted by Crippen LogP contribution is 2.36. The Balaban J connectivity index is 1.92. The number of amides is 1. The van der Waals surface area contributed by atoms with Crippen molar-refractivity contribution in [1.82, 2.24) is 9.47 Å². The van der Waals surface area contributed by atoms with Gasteiger partial charge in [0, 0.05) is 37.8 Å². The molecule has 2 aromatic rings. The summed E-state index contributed by atoms with van der Waals surface area (Å²) in [7, 11) is 1.66. The van der Waals surface area contributed by atoms with Gasteiger partial charge in [-0.3, -0.25) is 9.59 Å². The van der Waals surface area contributed by atoms with Gasteiger partial charge in [0.15, 0.2) is 10.6 Å². The van der Waals surface area contributed by atoms with Gasteiger partial charge in [-0.25, -0.2) is 4.99 Å². The Morgan fingerprint density at radius 2 is 1.96 bits per heavy atom. The lowest BCUT2D eigenvalue weighted by atomic mass is 10.2. The van der Waals surface area contributed by atoms with E-state index in [0.29, 0.717) is 18.2 Å². The van der Waals surface area contributed by atoms with E-state index in [1.807, 2.05) is 6.92 Å². The number of carbonyl (C=O) groups excluding carboxylic acids is 2. The zero-order valence-electron chi connectivity index (χ0n) is 15.2. The Hall–Kier alpha value is -2.25. The summed E-state index contributed by atoms with van der Waals surface area (Å²) in [5.41, 5.74) is 2.29. The van der Waals surface area contributed by atoms with E-state index >= 15 is 0 Å². The monoisotopic (exact) mass is 373 g/mol. The fourth-order valence-electron chi connectivity index (χ4n) is 2.89. The molecule has 1 saturated carbocycles. The zero-order valence-corrected chi connectivity index (χ0v) is 16.0. The molecule has 6 nitrogen and oxygen atoms in total. The van der Waals surface area contributed by atoms with E-state index in [0.717, 1.165) is 33.9 Å². The molecule has 0 bridgehead atoms. The van der Waals surface area contributed by atoms with Crippen molar-refractivity contribution in [2.24, 2.45) is 4.99 Å². The third-order valence-electron chi connectivity index (χ3n) is 4.44. The van der Waals surface area contributed by atoms with Crippen LogP contribution in [0.2, 0.25) is 0 Å². The second-order valence-corrected chi connectivity index (χ2v) is 7.54. The Kier molecular flexibility index (Phi) is 5.38. The van der Waals surface area contributed by atoms with Crippen LogP contribution in [0, 0.1) is 6.92 Å². The second-order valence-electron chi connectivity index (χ2n) is 6.57. The summed E-state index contributed by atoms with van der Waals surface area (Å²) in [4.78, 5) is 31.9. The summed E-state index contributed by atoms with van der Waals surface area (Å²) < 4.78 is 2.16. The molecule has 1 fully saturated rings. The molecule has 0 unspecified atom stereocenters. The van der Waals surface area contributed by atoms with E-state index in [1.165, 1.54) is 16.2 Å². The van der Waals surface area contributed by atoms with Crippen LogP contribution in [0.1, 0.15) is 51.5 Å². The molecule has 26 heavy (non-hydrogen) atoms. The van der Waals surface area contributed by atoms with E-state index in [-0.39, 0.29) is 18.3 Å². The molecule has 0 atom stereocenters. The van der Waals surface area contributed by atoms with Crippen LogP contribution in [0.5, 0.6) is 0 Å². The first-order chi connectivity index (χ1) is 12.4. The number of Topliss-reactive ketones (excluding diaryl/α,β-unsaturated/α-hetero) is 1. The highest BCUT2D eigenvalue weighted by molar-refractivity contribution is 7.11. The minimum Gasteiger partial charge on any atom is -0.395 e. The van der Waals surface area contributed by atoms with Crippen molar-refractivity contribution in [2.75, 3.05) is 20.2 Å². The number of ketones is 1.